The maximum Gasteiger partial charge on any atom is 0.330 e. The predicted molar refractivity (Wildman–Crippen MR) is 73.1 cm³/mol. The highest BCUT2D eigenvalue weighted by atomic mass is 16.6. The number of nitrogens with one attached hydrogen (secondary N) is 1. The zero-order valence-corrected chi connectivity index (χ0v) is 12.0. The highest BCUT2D eigenvalue weighted by Gasteiger charge is 2.44. The van der Waals surface area contributed by atoms with E-state index in [4.69, 9.17) is 14.2 Å². The summed E-state index contributed by atoms with van der Waals surface area (Å²) in [6.07, 6.45) is -0.847. The molecule has 0 spiro atoms. The number of aliphatic hydroxyl groups excluding tert-OH is 1. The number of nitrogens with zero attached hydrogens (tertiary/aromatic N) is 1. The first-order valence-electron chi connectivity index (χ1n) is 6.84. The maximum atomic E-state index is 11.9. The van der Waals surface area contributed by atoms with Crippen molar-refractivity contribution in [3.63, 3.8) is 0 Å². The van der Waals surface area contributed by atoms with Crippen LogP contribution in [0.1, 0.15) is 19.6 Å². The van der Waals surface area contributed by atoms with E-state index in [9.17, 15) is 14.7 Å². The molecule has 1 aliphatic heterocycles. The summed E-state index contributed by atoms with van der Waals surface area (Å²) in [4.78, 5) is 25.2. The van der Waals surface area contributed by atoms with Gasteiger partial charge in [0.2, 0.25) is 0 Å². The maximum absolute atomic E-state index is 11.9. The fraction of sp³-hybridized carbons (Fsp3) is 0.692. The van der Waals surface area contributed by atoms with Crippen LogP contribution in [0.15, 0.2) is 21.9 Å². The molecule has 0 aromatic carbocycles. The summed E-state index contributed by atoms with van der Waals surface area (Å²) in [6, 6.07) is 1.22. The van der Waals surface area contributed by atoms with Crippen LogP contribution in [0.4, 0.5) is 0 Å². The fourth-order valence-electron chi connectivity index (χ4n) is 2.35. The summed E-state index contributed by atoms with van der Waals surface area (Å²) in [6.45, 7) is 2.51. The van der Waals surface area contributed by atoms with Gasteiger partial charge in [-0.25, -0.2) is 4.79 Å². The van der Waals surface area contributed by atoms with Crippen LogP contribution in [0.25, 0.3) is 0 Å². The molecule has 8 nitrogen and oxygen atoms in total. The zero-order valence-electron chi connectivity index (χ0n) is 12.0. The SMILES string of the molecule is CC[C@H]1O[C@@H](n2ccc(=O)[nH]c2=O)C(OCCOC)C1O. The van der Waals surface area contributed by atoms with Gasteiger partial charge in [0.05, 0.1) is 19.3 Å². The van der Waals surface area contributed by atoms with E-state index in [1.807, 2.05) is 6.92 Å². The molecule has 0 bridgehead atoms. The molecule has 1 fully saturated rings. The molecule has 1 aliphatic rings. The van der Waals surface area contributed by atoms with E-state index in [0.29, 0.717) is 13.0 Å². The molecule has 2 N–H and O–H groups in total. The molecule has 2 unspecified atom stereocenters. The van der Waals surface area contributed by atoms with Crippen LogP contribution in [-0.2, 0) is 14.2 Å². The lowest BCUT2D eigenvalue weighted by molar-refractivity contribution is -0.0797. The average molecular weight is 300 g/mol. The molecule has 1 saturated heterocycles. The van der Waals surface area contributed by atoms with Gasteiger partial charge in [0, 0.05) is 19.4 Å². The third-order valence-electron chi connectivity index (χ3n) is 3.44. The van der Waals surface area contributed by atoms with Gasteiger partial charge in [0.25, 0.3) is 5.56 Å². The van der Waals surface area contributed by atoms with Crippen LogP contribution >= 0.6 is 0 Å². The first-order valence-corrected chi connectivity index (χ1v) is 6.84. The van der Waals surface area contributed by atoms with E-state index in [0.717, 1.165) is 0 Å². The van der Waals surface area contributed by atoms with E-state index < -0.39 is 35.8 Å². The number of methoxy groups -OCH3 is 1. The number of aromatic amines is 1. The highest BCUT2D eigenvalue weighted by Crippen LogP contribution is 2.32. The molecule has 0 amide bonds. The summed E-state index contributed by atoms with van der Waals surface area (Å²) < 4.78 is 17.4. The monoisotopic (exact) mass is 300 g/mol. The van der Waals surface area contributed by atoms with Gasteiger partial charge in [-0.05, 0) is 6.42 Å². The lowest BCUT2D eigenvalue weighted by Crippen LogP contribution is -2.39. The van der Waals surface area contributed by atoms with Gasteiger partial charge in [-0.2, -0.15) is 0 Å². The Labute approximate surface area is 121 Å². The standard InChI is InChI=1S/C13H20N2O6/c1-3-8-10(17)11(20-7-6-19-2)12(21-8)15-5-4-9(16)14-13(15)18/h4-5,8,10-12,17H,3,6-7H2,1-2H3,(H,14,16,18)/t8-,10?,11?,12-/m1/s1. The van der Waals surface area contributed by atoms with E-state index in [-0.39, 0.29) is 6.61 Å². The van der Waals surface area contributed by atoms with Crippen LogP contribution in [0.5, 0.6) is 0 Å². The molecular formula is C13H20N2O6. The Morgan fingerprint density at radius 2 is 2.19 bits per heavy atom. The van der Waals surface area contributed by atoms with Crippen LogP contribution < -0.4 is 11.2 Å². The summed E-state index contributed by atoms with van der Waals surface area (Å²) in [5, 5.41) is 10.2. The summed E-state index contributed by atoms with van der Waals surface area (Å²) in [5.41, 5.74) is -1.09. The average Bonchev–Trinajstić information content (AvgIpc) is 2.76. The van der Waals surface area contributed by atoms with Crippen molar-refractivity contribution in [3.8, 4) is 0 Å². The van der Waals surface area contributed by atoms with Crippen molar-refractivity contribution in [1.82, 2.24) is 9.55 Å². The van der Waals surface area contributed by atoms with Crippen molar-refractivity contribution >= 4 is 0 Å². The minimum atomic E-state index is -0.851. The Balaban J connectivity index is 2.25. The molecule has 0 radical (unpaired) electrons. The highest BCUT2D eigenvalue weighted by molar-refractivity contribution is 4.93. The third kappa shape index (κ3) is 3.41. The first-order chi connectivity index (χ1) is 10.1. The second-order valence-corrected chi connectivity index (χ2v) is 4.81. The molecule has 118 valence electrons. The number of ether oxygens (including phenoxy) is 3. The topological polar surface area (TPSA) is 103 Å². The van der Waals surface area contributed by atoms with Gasteiger partial charge in [-0.1, -0.05) is 6.92 Å². The molecule has 8 heteroatoms. The molecule has 21 heavy (non-hydrogen) atoms. The van der Waals surface area contributed by atoms with Gasteiger partial charge in [0.15, 0.2) is 6.23 Å². The summed E-state index contributed by atoms with van der Waals surface area (Å²) >= 11 is 0. The molecule has 2 heterocycles. The summed E-state index contributed by atoms with van der Waals surface area (Å²) in [7, 11) is 1.55. The van der Waals surface area contributed by atoms with Crippen LogP contribution in [-0.4, -0.2) is 53.3 Å². The zero-order chi connectivity index (χ0) is 15.4. The molecule has 1 aromatic heterocycles. The largest absolute Gasteiger partial charge is 0.388 e. The van der Waals surface area contributed by atoms with E-state index >= 15 is 0 Å². The Bertz CT molecular complexity index is 568. The minimum absolute atomic E-state index is 0.270. The number of H-pyrrole nitrogens is 1. The Morgan fingerprint density at radius 3 is 2.81 bits per heavy atom. The van der Waals surface area contributed by atoms with Crippen molar-refractivity contribution < 1.29 is 19.3 Å². The van der Waals surface area contributed by atoms with E-state index in [1.54, 1.807) is 7.11 Å². The van der Waals surface area contributed by atoms with Crippen molar-refractivity contribution in [3.05, 3.63) is 33.1 Å². The fourth-order valence-corrected chi connectivity index (χ4v) is 2.35. The molecule has 0 aliphatic carbocycles. The van der Waals surface area contributed by atoms with Crippen LogP contribution in [0.2, 0.25) is 0 Å². The smallest absolute Gasteiger partial charge is 0.330 e. The van der Waals surface area contributed by atoms with E-state index in [1.165, 1.54) is 16.8 Å². The number of hydrogen-bond acceptors (Lipinski definition) is 6. The third-order valence-corrected chi connectivity index (χ3v) is 3.44. The number of aromatic nitrogens is 2. The van der Waals surface area contributed by atoms with Crippen molar-refractivity contribution in [1.29, 1.82) is 0 Å². The van der Waals surface area contributed by atoms with Gasteiger partial charge < -0.3 is 19.3 Å². The normalized spacial score (nSPS) is 28.9. The lowest BCUT2D eigenvalue weighted by atomic mass is 10.1. The summed E-state index contributed by atoms with van der Waals surface area (Å²) in [5.74, 6) is 0. The second-order valence-electron chi connectivity index (χ2n) is 4.81. The van der Waals surface area contributed by atoms with Gasteiger partial charge in [-0.3, -0.25) is 14.3 Å². The number of rotatable bonds is 6. The van der Waals surface area contributed by atoms with Gasteiger partial charge in [0.1, 0.15) is 12.2 Å². The quantitative estimate of drug-likeness (QED) is 0.669. The van der Waals surface area contributed by atoms with Crippen molar-refractivity contribution in [2.45, 2.75) is 37.9 Å². The molecule has 1 aromatic rings. The first kappa shape index (κ1) is 15.9. The minimum Gasteiger partial charge on any atom is -0.388 e. The van der Waals surface area contributed by atoms with Crippen LogP contribution in [0, 0.1) is 0 Å². The van der Waals surface area contributed by atoms with E-state index in [2.05, 4.69) is 4.98 Å². The molecule has 4 atom stereocenters. The lowest BCUT2D eigenvalue weighted by Gasteiger charge is -2.22. The number of hydrogen-bond donors (Lipinski definition) is 2. The Morgan fingerprint density at radius 1 is 1.43 bits per heavy atom. The van der Waals surface area contributed by atoms with Crippen LogP contribution in [0.3, 0.4) is 0 Å². The molecule has 0 saturated carbocycles. The Hall–Kier alpha value is -1.48. The van der Waals surface area contributed by atoms with Gasteiger partial charge in [-0.15, -0.1) is 0 Å². The predicted octanol–water partition coefficient (Wildman–Crippen LogP) is -0.763. The second kappa shape index (κ2) is 6.99. The van der Waals surface area contributed by atoms with Crippen molar-refractivity contribution in [2.75, 3.05) is 20.3 Å². The molecular weight excluding hydrogens is 280 g/mol. The van der Waals surface area contributed by atoms with Gasteiger partial charge >= 0.3 is 5.69 Å². The molecule has 2 rings (SSSR count). The van der Waals surface area contributed by atoms with Crippen molar-refractivity contribution in [2.24, 2.45) is 0 Å². The number of aliphatic hydroxyl groups is 1. The Kier molecular flexibility index (Phi) is 5.29.